The molecule has 0 saturated carbocycles. The molecule has 1 N–H and O–H groups in total. The maximum absolute atomic E-state index is 12.9. The summed E-state index contributed by atoms with van der Waals surface area (Å²) in [5.74, 6) is -5.94. The van der Waals surface area contributed by atoms with Crippen LogP contribution in [0.2, 0.25) is 0 Å². The SMILES string of the molecule is O=C(OC(CS(=O)(=O)O)(C(F)(F)F)C(F)(F)F)C1CC=CCC1. The molecule has 0 aromatic rings. The zero-order chi connectivity index (χ0) is 18.1. The van der Waals surface area contributed by atoms with E-state index in [2.05, 4.69) is 4.74 Å². The van der Waals surface area contributed by atoms with Gasteiger partial charge in [0.25, 0.3) is 10.1 Å². The Morgan fingerprint density at radius 2 is 1.65 bits per heavy atom. The standard InChI is InChI=1S/C11H12F6O5S/c12-10(13,14)9(11(15,16)17,6-23(19,20)21)22-8(18)7-4-2-1-3-5-7/h1-2,7H,3-6H2,(H,19,20,21). The lowest BCUT2D eigenvalue weighted by Gasteiger charge is -2.36. The molecular formula is C11H12F6O5S. The van der Waals surface area contributed by atoms with Gasteiger partial charge in [-0.25, -0.2) is 0 Å². The highest BCUT2D eigenvalue weighted by atomic mass is 32.2. The first-order chi connectivity index (χ1) is 10.2. The minimum absolute atomic E-state index is 0.0347. The number of alkyl halides is 6. The van der Waals surface area contributed by atoms with Crippen molar-refractivity contribution in [3.05, 3.63) is 12.2 Å². The fourth-order valence-corrected chi connectivity index (χ4v) is 2.89. The molecule has 1 atom stereocenters. The molecule has 0 spiro atoms. The molecule has 0 heterocycles. The number of carbonyl (C=O) groups is 1. The maximum Gasteiger partial charge on any atom is 0.438 e. The number of ether oxygens (including phenoxy) is 1. The molecule has 0 bridgehead atoms. The van der Waals surface area contributed by atoms with Gasteiger partial charge in [0.2, 0.25) is 0 Å². The van der Waals surface area contributed by atoms with E-state index in [4.69, 9.17) is 4.55 Å². The molecule has 1 aliphatic rings. The van der Waals surface area contributed by atoms with E-state index >= 15 is 0 Å². The van der Waals surface area contributed by atoms with Crippen molar-refractivity contribution in [2.45, 2.75) is 37.2 Å². The molecular weight excluding hydrogens is 358 g/mol. The summed E-state index contributed by atoms with van der Waals surface area (Å²) in [5.41, 5.74) is -5.33. The number of esters is 1. The Bertz CT molecular complexity index is 563. The predicted octanol–water partition coefficient (Wildman–Crippen LogP) is 2.64. The predicted molar refractivity (Wildman–Crippen MR) is 63.8 cm³/mol. The normalized spacial score (nSPS) is 20.4. The van der Waals surface area contributed by atoms with Crippen molar-refractivity contribution in [3.8, 4) is 0 Å². The first-order valence-corrected chi connectivity index (χ1v) is 7.77. The molecule has 0 radical (unpaired) electrons. The summed E-state index contributed by atoms with van der Waals surface area (Å²) in [5, 5.41) is 0. The third-order valence-corrected chi connectivity index (χ3v) is 3.95. The van der Waals surface area contributed by atoms with E-state index in [1.54, 1.807) is 6.08 Å². The molecule has 1 unspecified atom stereocenters. The zero-order valence-electron chi connectivity index (χ0n) is 11.3. The molecule has 0 saturated heterocycles. The van der Waals surface area contributed by atoms with Gasteiger partial charge < -0.3 is 4.74 Å². The smallest absolute Gasteiger partial charge is 0.438 e. The lowest BCUT2D eigenvalue weighted by molar-refractivity contribution is -0.362. The van der Waals surface area contributed by atoms with E-state index in [-0.39, 0.29) is 19.3 Å². The van der Waals surface area contributed by atoms with Crippen LogP contribution in [0, 0.1) is 5.92 Å². The van der Waals surface area contributed by atoms with Gasteiger partial charge in [0, 0.05) is 0 Å². The second-order valence-electron chi connectivity index (χ2n) is 4.95. The number of carbonyl (C=O) groups excluding carboxylic acids is 1. The molecule has 0 aromatic carbocycles. The Morgan fingerprint density at radius 3 is 2.00 bits per heavy atom. The first-order valence-electron chi connectivity index (χ1n) is 6.16. The van der Waals surface area contributed by atoms with Gasteiger partial charge in [-0.05, 0) is 19.3 Å². The minimum Gasteiger partial charge on any atom is -0.438 e. The molecule has 5 nitrogen and oxygen atoms in total. The van der Waals surface area contributed by atoms with E-state index in [1.807, 2.05) is 0 Å². The van der Waals surface area contributed by atoms with Crippen molar-refractivity contribution >= 4 is 16.1 Å². The third-order valence-electron chi connectivity index (χ3n) is 3.18. The Kier molecular flexibility index (Phi) is 5.41. The number of halogens is 6. The van der Waals surface area contributed by atoms with Crippen LogP contribution in [0.5, 0.6) is 0 Å². The molecule has 1 aliphatic carbocycles. The van der Waals surface area contributed by atoms with E-state index in [9.17, 15) is 39.6 Å². The average Bonchev–Trinajstić information content (AvgIpc) is 2.34. The molecule has 0 aromatic heterocycles. The fourth-order valence-electron chi connectivity index (χ4n) is 1.99. The van der Waals surface area contributed by atoms with Gasteiger partial charge in [-0.3, -0.25) is 9.35 Å². The molecule has 0 aliphatic heterocycles. The second-order valence-corrected chi connectivity index (χ2v) is 6.40. The Hall–Kier alpha value is -1.30. The average molecular weight is 370 g/mol. The first kappa shape index (κ1) is 19.7. The fraction of sp³-hybridized carbons (Fsp3) is 0.727. The topological polar surface area (TPSA) is 80.7 Å². The Labute approximate surface area is 127 Å². The zero-order valence-corrected chi connectivity index (χ0v) is 12.1. The van der Waals surface area contributed by atoms with Crippen molar-refractivity contribution in [2.24, 2.45) is 5.92 Å². The van der Waals surface area contributed by atoms with Crippen LogP contribution >= 0.6 is 0 Å². The Balaban J connectivity index is 3.27. The van der Waals surface area contributed by atoms with Crippen LogP contribution in [0.4, 0.5) is 26.3 Å². The number of hydrogen-bond donors (Lipinski definition) is 1. The molecule has 0 fully saturated rings. The summed E-state index contributed by atoms with van der Waals surface area (Å²) in [4.78, 5) is 11.7. The van der Waals surface area contributed by atoms with Crippen LogP contribution in [0.15, 0.2) is 12.2 Å². The van der Waals surface area contributed by atoms with E-state index in [0.717, 1.165) is 0 Å². The number of rotatable bonds is 4. The monoisotopic (exact) mass is 370 g/mol. The summed E-state index contributed by atoms with van der Waals surface area (Å²) in [6.07, 6.45) is -9.52. The quantitative estimate of drug-likeness (QED) is 0.356. The van der Waals surface area contributed by atoms with E-state index < -0.39 is 45.7 Å². The van der Waals surface area contributed by atoms with Crippen molar-refractivity contribution < 1.29 is 48.8 Å². The van der Waals surface area contributed by atoms with Crippen molar-refractivity contribution in [3.63, 3.8) is 0 Å². The molecule has 134 valence electrons. The maximum atomic E-state index is 12.9. The van der Waals surface area contributed by atoms with Crippen molar-refractivity contribution in [1.29, 1.82) is 0 Å². The summed E-state index contributed by atoms with van der Waals surface area (Å²) in [7, 11) is -5.76. The molecule has 12 heteroatoms. The summed E-state index contributed by atoms with van der Waals surface area (Å²) < 4.78 is 111. The lowest BCUT2D eigenvalue weighted by atomic mass is 9.94. The van der Waals surface area contributed by atoms with Crippen LogP contribution in [-0.4, -0.2) is 42.6 Å². The molecule has 0 amide bonds. The summed E-state index contributed by atoms with van der Waals surface area (Å²) in [6, 6.07) is 0. The van der Waals surface area contributed by atoms with Crippen molar-refractivity contribution in [2.75, 3.05) is 5.75 Å². The van der Waals surface area contributed by atoms with Gasteiger partial charge in [0.05, 0.1) is 5.92 Å². The van der Waals surface area contributed by atoms with Crippen LogP contribution in [-0.2, 0) is 19.6 Å². The largest absolute Gasteiger partial charge is 0.438 e. The highest BCUT2D eigenvalue weighted by Crippen LogP contribution is 2.47. The van der Waals surface area contributed by atoms with Gasteiger partial charge >= 0.3 is 23.9 Å². The minimum atomic E-state index is -6.29. The summed E-state index contributed by atoms with van der Waals surface area (Å²) in [6.45, 7) is 0. The third kappa shape index (κ3) is 4.59. The summed E-state index contributed by atoms with van der Waals surface area (Å²) >= 11 is 0. The van der Waals surface area contributed by atoms with Crippen LogP contribution in [0.3, 0.4) is 0 Å². The van der Waals surface area contributed by atoms with Gasteiger partial charge in [-0.1, -0.05) is 12.2 Å². The van der Waals surface area contributed by atoms with Gasteiger partial charge in [-0.15, -0.1) is 0 Å². The van der Waals surface area contributed by atoms with Gasteiger partial charge in [-0.2, -0.15) is 34.8 Å². The van der Waals surface area contributed by atoms with Crippen LogP contribution in [0.1, 0.15) is 19.3 Å². The Morgan fingerprint density at radius 1 is 1.13 bits per heavy atom. The van der Waals surface area contributed by atoms with Crippen LogP contribution < -0.4 is 0 Å². The second kappa shape index (κ2) is 6.30. The number of hydrogen-bond acceptors (Lipinski definition) is 4. The molecule has 23 heavy (non-hydrogen) atoms. The molecule has 1 rings (SSSR count). The van der Waals surface area contributed by atoms with Crippen molar-refractivity contribution in [1.82, 2.24) is 0 Å². The van der Waals surface area contributed by atoms with Gasteiger partial charge in [0.15, 0.2) is 0 Å². The van der Waals surface area contributed by atoms with Gasteiger partial charge in [0.1, 0.15) is 5.75 Å². The lowest BCUT2D eigenvalue weighted by Crippen LogP contribution is -2.63. The van der Waals surface area contributed by atoms with Crippen LogP contribution in [0.25, 0.3) is 0 Å². The van der Waals surface area contributed by atoms with E-state index in [1.165, 1.54) is 6.08 Å². The highest BCUT2D eigenvalue weighted by Gasteiger charge is 2.76. The number of allylic oxidation sites excluding steroid dienone is 2. The highest BCUT2D eigenvalue weighted by molar-refractivity contribution is 7.85. The van der Waals surface area contributed by atoms with E-state index in [0.29, 0.717) is 0 Å².